The molecule has 0 saturated carbocycles. The van der Waals surface area contributed by atoms with Gasteiger partial charge in [0.15, 0.2) is 9.84 Å². The van der Waals surface area contributed by atoms with Gasteiger partial charge in [0, 0.05) is 11.8 Å². The molecule has 0 aliphatic rings. The Morgan fingerprint density at radius 3 is 1.91 bits per heavy atom. The van der Waals surface area contributed by atoms with Gasteiger partial charge in [0.25, 0.3) is 5.56 Å². The van der Waals surface area contributed by atoms with Crippen LogP contribution in [0.3, 0.4) is 0 Å². The van der Waals surface area contributed by atoms with Gasteiger partial charge in [-0.05, 0) is 59.7 Å². The first kappa shape index (κ1) is 23.4. The van der Waals surface area contributed by atoms with E-state index in [0.717, 1.165) is 35.2 Å². The summed E-state index contributed by atoms with van der Waals surface area (Å²) in [6.45, 7) is 0. The molecule has 0 amide bonds. The number of rotatable bonds is 4. The highest BCUT2D eigenvalue weighted by molar-refractivity contribution is 7.90. The predicted molar refractivity (Wildman–Crippen MR) is 119 cm³/mol. The quantitative estimate of drug-likeness (QED) is 0.374. The zero-order chi connectivity index (χ0) is 24.7. The van der Waals surface area contributed by atoms with E-state index in [0.29, 0.717) is 16.7 Å². The van der Waals surface area contributed by atoms with E-state index in [1.165, 1.54) is 54.7 Å². The molecule has 1 heterocycles. The van der Waals surface area contributed by atoms with Gasteiger partial charge in [-0.25, -0.2) is 12.8 Å². The van der Waals surface area contributed by atoms with Crippen LogP contribution in [0.1, 0.15) is 5.56 Å². The standard InChI is InChI=1S/C24H16F4N2O3S/c1-34(32,33)20-12-4-15(5-13-20)21-14-29-30(19-10-6-17(7-11-19)24(26,27)28)23(31)22(21)16-2-8-18(25)9-3-16/h2-14H,1H3. The van der Waals surface area contributed by atoms with Gasteiger partial charge in [-0.2, -0.15) is 23.0 Å². The fraction of sp³-hybridized carbons (Fsp3) is 0.0833. The maximum absolute atomic E-state index is 13.5. The molecular weight excluding hydrogens is 472 g/mol. The highest BCUT2D eigenvalue weighted by Crippen LogP contribution is 2.31. The first-order chi connectivity index (χ1) is 15.9. The molecule has 1 aromatic heterocycles. The highest BCUT2D eigenvalue weighted by Gasteiger charge is 2.30. The molecule has 34 heavy (non-hydrogen) atoms. The number of nitrogens with zero attached hydrogens (tertiary/aromatic N) is 2. The summed E-state index contributed by atoms with van der Waals surface area (Å²) < 4.78 is 76.7. The van der Waals surface area contributed by atoms with Crippen molar-refractivity contribution in [2.45, 2.75) is 11.1 Å². The molecule has 0 fully saturated rings. The molecule has 10 heteroatoms. The van der Waals surface area contributed by atoms with Gasteiger partial charge in [-0.1, -0.05) is 24.3 Å². The first-order valence-electron chi connectivity index (χ1n) is 9.81. The molecule has 5 nitrogen and oxygen atoms in total. The minimum atomic E-state index is -4.53. The minimum absolute atomic E-state index is 0.0886. The van der Waals surface area contributed by atoms with E-state index < -0.39 is 33.0 Å². The molecule has 4 aromatic rings. The zero-order valence-electron chi connectivity index (χ0n) is 17.5. The first-order valence-corrected chi connectivity index (χ1v) is 11.7. The SMILES string of the molecule is CS(=O)(=O)c1ccc(-c2cnn(-c3ccc(C(F)(F)F)cc3)c(=O)c2-c2ccc(F)cc2)cc1. The molecule has 0 atom stereocenters. The van der Waals surface area contributed by atoms with Crippen molar-refractivity contribution in [2.75, 3.05) is 6.26 Å². The van der Waals surface area contributed by atoms with Crippen molar-refractivity contribution in [1.29, 1.82) is 0 Å². The van der Waals surface area contributed by atoms with Crippen molar-refractivity contribution in [3.05, 3.63) is 101 Å². The van der Waals surface area contributed by atoms with Crippen molar-refractivity contribution >= 4 is 9.84 Å². The van der Waals surface area contributed by atoms with Crippen LogP contribution in [0.4, 0.5) is 17.6 Å². The van der Waals surface area contributed by atoms with Crippen molar-refractivity contribution < 1.29 is 26.0 Å². The molecule has 3 aromatic carbocycles. The van der Waals surface area contributed by atoms with Crippen molar-refractivity contribution in [3.8, 4) is 27.9 Å². The van der Waals surface area contributed by atoms with Crippen LogP contribution in [0.2, 0.25) is 0 Å². The fourth-order valence-corrected chi connectivity index (χ4v) is 4.06. The van der Waals surface area contributed by atoms with Crippen LogP contribution in [0, 0.1) is 5.82 Å². The molecule has 0 bridgehead atoms. The maximum Gasteiger partial charge on any atom is 0.416 e. The Bertz CT molecular complexity index is 1510. The molecular formula is C24H16F4N2O3S. The lowest BCUT2D eigenvalue weighted by Crippen LogP contribution is -2.23. The molecule has 0 radical (unpaired) electrons. The molecule has 0 saturated heterocycles. The second-order valence-electron chi connectivity index (χ2n) is 7.50. The normalized spacial score (nSPS) is 12.0. The lowest BCUT2D eigenvalue weighted by molar-refractivity contribution is -0.137. The topological polar surface area (TPSA) is 69.0 Å². The number of benzene rings is 3. The van der Waals surface area contributed by atoms with Gasteiger partial charge in [0.2, 0.25) is 0 Å². The highest BCUT2D eigenvalue weighted by atomic mass is 32.2. The van der Waals surface area contributed by atoms with E-state index in [9.17, 15) is 30.8 Å². The van der Waals surface area contributed by atoms with E-state index >= 15 is 0 Å². The number of halogens is 4. The molecule has 0 N–H and O–H groups in total. The third-order valence-electron chi connectivity index (χ3n) is 5.14. The van der Waals surface area contributed by atoms with Gasteiger partial charge in [0.1, 0.15) is 5.82 Å². The lowest BCUT2D eigenvalue weighted by atomic mass is 9.97. The van der Waals surface area contributed by atoms with Crippen LogP contribution in [-0.4, -0.2) is 24.5 Å². The third kappa shape index (κ3) is 4.62. The van der Waals surface area contributed by atoms with E-state index in [-0.39, 0.29) is 16.1 Å². The maximum atomic E-state index is 13.5. The van der Waals surface area contributed by atoms with Crippen LogP contribution < -0.4 is 5.56 Å². The van der Waals surface area contributed by atoms with E-state index in [2.05, 4.69) is 5.10 Å². The Balaban J connectivity index is 1.91. The van der Waals surface area contributed by atoms with E-state index in [4.69, 9.17) is 0 Å². The largest absolute Gasteiger partial charge is 0.416 e. The molecule has 0 unspecified atom stereocenters. The molecule has 4 rings (SSSR count). The van der Waals surface area contributed by atoms with Crippen molar-refractivity contribution in [2.24, 2.45) is 0 Å². The van der Waals surface area contributed by atoms with Crippen LogP contribution >= 0.6 is 0 Å². The number of aromatic nitrogens is 2. The zero-order valence-corrected chi connectivity index (χ0v) is 18.4. The van der Waals surface area contributed by atoms with Crippen molar-refractivity contribution in [3.63, 3.8) is 0 Å². The Kier molecular flexibility index (Phi) is 5.86. The lowest BCUT2D eigenvalue weighted by Gasteiger charge is -2.14. The van der Waals surface area contributed by atoms with Gasteiger partial charge in [0.05, 0.1) is 27.9 Å². The van der Waals surface area contributed by atoms with Gasteiger partial charge in [-0.3, -0.25) is 4.79 Å². The summed E-state index contributed by atoms with van der Waals surface area (Å²) in [6.07, 6.45) is -2.11. The van der Waals surface area contributed by atoms with Gasteiger partial charge < -0.3 is 0 Å². The number of hydrogen-bond acceptors (Lipinski definition) is 4. The van der Waals surface area contributed by atoms with E-state index in [1.807, 2.05) is 0 Å². The summed E-state index contributed by atoms with van der Waals surface area (Å²) in [7, 11) is -3.44. The smallest absolute Gasteiger partial charge is 0.267 e. The predicted octanol–water partition coefficient (Wildman–Crippen LogP) is 5.13. The monoisotopic (exact) mass is 488 g/mol. The minimum Gasteiger partial charge on any atom is -0.267 e. The number of hydrogen-bond donors (Lipinski definition) is 0. The Morgan fingerprint density at radius 2 is 1.38 bits per heavy atom. The average Bonchev–Trinajstić information content (AvgIpc) is 2.79. The summed E-state index contributed by atoms with van der Waals surface area (Å²) in [6, 6.07) is 14.9. The van der Waals surface area contributed by atoms with Gasteiger partial charge in [-0.15, -0.1) is 0 Å². The third-order valence-corrected chi connectivity index (χ3v) is 6.27. The summed E-state index contributed by atoms with van der Waals surface area (Å²) in [5.41, 5.74) is -0.0867. The number of sulfone groups is 1. The van der Waals surface area contributed by atoms with Crippen LogP contribution in [0.15, 0.2) is 88.7 Å². The fourth-order valence-electron chi connectivity index (χ4n) is 3.43. The van der Waals surface area contributed by atoms with Crippen LogP contribution in [-0.2, 0) is 16.0 Å². The van der Waals surface area contributed by atoms with Gasteiger partial charge >= 0.3 is 6.18 Å². The Morgan fingerprint density at radius 1 is 0.824 bits per heavy atom. The second kappa shape index (κ2) is 8.53. The number of alkyl halides is 3. The Hall–Kier alpha value is -3.79. The van der Waals surface area contributed by atoms with Crippen LogP contribution in [0.5, 0.6) is 0 Å². The summed E-state index contributed by atoms with van der Waals surface area (Å²) >= 11 is 0. The average molecular weight is 488 g/mol. The summed E-state index contributed by atoms with van der Waals surface area (Å²) in [5, 5.41) is 4.12. The van der Waals surface area contributed by atoms with Crippen molar-refractivity contribution in [1.82, 2.24) is 9.78 Å². The molecule has 0 aliphatic heterocycles. The van der Waals surface area contributed by atoms with Crippen LogP contribution in [0.25, 0.3) is 27.9 Å². The van der Waals surface area contributed by atoms with E-state index in [1.54, 1.807) is 0 Å². The Labute approximate surface area is 191 Å². The second-order valence-corrected chi connectivity index (χ2v) is 9.51. The molecule has 174 valence electrons. The summed E-state index contributed by atoms with van der Waals surface area (Å²) in [4.78, 5) is 13.5. The molecule has 0 aliphatic carbocycles. The molecule has 0 spiro atoms. The summed E-state index contributed by atoms with van der Waals surface area (Å²) in [5.74, 6) is -0.514.